The van der Waals surface area contributed by atoms with Crippen molar-refractivity contribution in [3.05, 3.63) is 59.1 Å². The van der Waals surface area contributed by atoms with E-state index in [4.69, 9.17) is 16.3 Å². The van der Waals surface area contributed by atoms with E-state index in [0.29, 0.717) is 18.1 Å². The zero-order valence-electron chi connectivity index (χ0n) is 19.9. The van der Waals surface area contributed by atoms with E-state index in [1.165, 1.54) is 0 Å². The number of carbonyl (C=O) groups excluding carboxylic acids is 1. The van der Waals surface area contributed by atoms with Crippen molar-refractivity contribution in [2.75, 3.05) is 32.7 Å². The molecular formula is C27H35ClN2O3. The van der Waals surface area contributed by atoms with Crippen molar-refractivity contribution in [3.8, 4) is 11.1 Å². The quantitative estimate of drug-likeness (QED) is 0.621. The second kappa shape index (κ2) is 9.65. The van der Waals surface area contributed by atoms with Crippen LogP contribution >= 0.6 is 11.6 Å². The molecule has 0 spiro atoms. The van der Waals surface area contributed by atoms with Gasteiger partial charge in [-0.3, -0.25) is 4.90 Å². The van der Waals surface area contributed by atoms with E-state index in [-0.39, 0.29) is 12.0 Å². The number of benzene rings is 2. The fraction of sp³-hybridized carbons (Fsp3) is 0.519. The standard InChI is InChI=1S/C27H35ClN2O3/c1-26(2,3)33-25(31)30-16-14-29(15-17-30)19-23(27(32)12-7-13-27)22-11-10-21(18-24(22)28)20-8-5-4-6-9-20/h4-6,8-11,18,23,32H,7,12-17,19H2,1-3H3. The van der Waals surface area contributed by atoms with E-state index in [2.05, 4.69) is 29.2 Å². The first kappa shape index (κ1) is 24.1. The highest BCUT2D eigenvalue weighted by Crippen LogP contribution is 2.46. The zero-order valence-corrected chi connectivity index (χ0v) is 20.6. The average molecular weight is 471 g/mol. The third kappa shape index (κ3) is 5.71. The smallest absolute Gasteiger partial charge is 0.410 e. The van der Waals surface area contributed by atoms with Gasteiger partial charge < -0.3 is 14.7 Å². The van der Waals surface area contributed by atoms with Gasteiger partial charge >= 0.3 is 6.09 Å². The first-order valence-corrected chi connectivity index (χ1v) is 12.3. The number of carbonyl (C=O) groups is 1. The fourth-order valence-electron chi connectivity index (χ4n) is 4.76. The van der Waals surface area contributed by atoms with Gasteiger partial charge in [0.15, 0.2) is 0 Å². The van der Waals surface area contributed by atoms with Crippen molar-refractivity contribution in [1.29, 1.82) is 0 Å². The van der Waals surface area contributed by atoms with Crippen molar-refractivity contribution in [3.63, 3.8) is 0 Å². The van der Waals surface area contributed by atoms with Crippen LogP contribution in [0.2, 0.25) is 5.02 Å². The number of ether oxygens (including phenoxy) is 1. The lowest BCUT2D eigenvalue weighted by Crippen LogP contribution is -2.53. The van der Waals surface area contributed by atoms with Gasteiger partial charge in [0.25, 0.3) is 0 Å². The van der Waals surface area contributed by atoms with Gasteiger partial charge in [-0.05, 0) is 62.8 Å². The molecule has 1 unspecified atom stereocenters. The summed E-state index contributed by atoms with van der Waals surface area (Å²) in [5.41, 5.74) is 2.00. The van der Waals surface area contributed by atoms with Gasteiger partial charge in [-0.25, -0.2) is 4.79 Å². The summed E-state index contributed by atoms with van der Waals surface area (Å²) in [6.45, 7) is 9.15. The number of nitrogens with zero attached hydrogens (tertiary/aromatic N) is 2. The lowest BCUT2D eigenvalue weighted by Gasteiger charge is -2.46. The molecule has 1 aliphatic heterocycles. The molecule has 0 aromatic heterocycles. The molecular weight excluding hydrogens is 436 g/mol. The third-order valence-electron chi connectivity index (χ3n) is 6.82. The SMILES string of the molecule is CC(C)(C)OC(=O)N1CCN(CC(c2ccc(-c3ccccc3)cc2Cl)C2(O)CCC2)CC1. The van der Waals surface area contributed by atoms with Crippen LogP contribution in [0.1, 0.15) is 51.5 Å². The van der Waals surface area contributed by atoms with Gasteiger partial charge in [-0.1, -0.05) is 54.1 Å². The Labute approximate surface area is 202 Å². The van der Waals surface area contributed by atoms with Gasteiger partial charge in [0.05, 0.1) is 5.60 Å². The van der Waals surface area contributed by atoms with Crippen molar-refractivity contribution >= 4 is 17.7 Å². The normalized spacial score (nSPS) is 19.6. The average Bonchev–Trinajstić information content (AvgIpc) is 2.76. The van der Waals surface area contributed by atoms with Crippen molar-refractivity contribution in [1.82, 2.24) is 9.80 Å². The number of piperazine rings is 1. The maximum Gasteiger partial charge on any atom is 0.410 e. The number of aliphatic hydroxyl groups is 1. The Morgan fingerprint density at radius 2 is 1.73 bits per heavy atom. The highest BCUT2D eigenvalue weighted by Gasteiger charge is 2.44. The summed E-state index contributed by atoms with van der Waals surface area (Å²) in [4.78, 5) is 16.5. The van der Waals surface area contributed by atoms with Crippen LogP contribution in [0.15, 0.2) is 48.5 Å². The van der Waals surface area contributed by atoms with E-state index in [0.717, 1.165) is 55.6 Å². The molecule has 1 N–H and O–H groups in total. The molecule has 178 valence electrons. The van der Waals surface area contributed by atoms with Crippen molar-refractivity contribution in [2.45, 2.75) is 57.2 Å². The van der Waals surface area contributed by atoms with Crippen LogP contribution in [0.25, 0.3) is 11.1 Å². The van der Waals surface area contributed by atoms with Crippen LogP contribution in [-0.4, -0.2) is 64.9 Å². The summed E-state index contributed by atoms with van der Waals surface area (Å²) in [6, 6.07) is 16.4. The molecule has 2 fully saturated rings. The fourth-order valence-corrected chi connectivity index (χ4v) is 5.08. The number of hydrogen-bond acceptors (Lipinski definition) is 4. The van der Waals surface area contributed by atoms with E-state index < -0.39 is 11.2 Å². The first-order valence-electron chi connectivity index (χ1n) is 11.9. The summed E-state index contributed by atoms with van der Waals surface area (Å²) in [7, 11) is 0. The Kier molecular flexibility index (Phi) is 7.04. The van der Waals surface area contributed by atoms with Gasteiger partial charge in [0, 0.05) is 43.7 Å². The van der Waals surface area contributed by atoms with Gasteiger partial charge in [0.1, 0.15) is 5.60 Å². The third-order valence-corrected chi connectivity index (χ3v) is 7.14. The van der Waals surface area contributed by atoms with Crippen molar-refractivity contribution in [2.24, 2.45) is 0 Å². The largest absolute Gasteiger partial charge is 0.444 e. The molecule has 1 saturated heterocycles. The topological polar surface area (TPSA) is 53.0 Å². The Hall–Kier alpha value is -2.08. The van der Waals surface area contributed by atoms with Crippen LogP contribution in [-0.2, 0) is 4.74 Å². The molecule has 33 heavy (non-hydrogen) atoms. The zero-order chi connectivity index (χ0) is 23.6. The lowest BCUT2D eigenvalue weighted by atomic mass is 9.68. The molecule has 1 heterocycles. The monoisotopic (exact) mass is 470 g/mol. The number of hydrogen-bond donors (Lipinski definition) is 1. The van der Waals surface area contributed by atoms with Gasteiger partial charge in [-0.15, -0.1) is 0 Å². The molecule has 1 aliphatic carbocycles. The highest BCUT2D eigenvalue weighted by atomic mass is 35.5. The lowest BCUT2D eigenvalue weighted by molar-refractivity contribution is -0.0672. The van der Waals surface area contributed by atoms with Crippen LogP contribution in [0.3, 0.4) is 0 Å². The number of rotatable bonds is 5. The summed E-state index contributed by atoms with van der Waals surface area (Å²) in [5, 5.41) is 12.1. The number of amides is 1. The molecule has 0 bridgehead atoms. The van der Waals surface area contributed by atoms with Crippen LogP contribution in [0.4, 0.5) is 4.79 Å². The summed E-state index contributed by atoms with van der Waals surface area (Å²) in [5.74, 6) is -0.0587. The minimum absolute atomic E-state index is 0.0587. The predicted molar refractivity (Wildman–Crippen MR) is 133 cm³/mol. The minimum Gasteiger partial charge on any atom is -0.444 e. The second-order valence-electron chi connectivity index (χ2n) is 10.4. The summed E-state index contributed by atoms with van der Waals surface area (Å²) >= 11 is 6.81. The maximum atomic E-state index is 12.4. The van der Waals surface area contributed by atoms with Gasteiger partial charge in [0.2, 0.25) is 0 Å². The van der Waals surface area contributed by atoms with E-state index in [1.807, 2.05) is 45.0 Å². The van der Waals surface area contributed by atoms with Gasteiger partial charge in [-0.2, -0.15) is 0 Å². The number of halogens is 1. The summed E-state index contributed by atoms with van der Waals surface area (Å²) < 4.78 is 5.52. The Morgan fingerprint density at radius 3 is 2.27 bits per heavy atom. The molecule has 1 amide bonds. The second-order valence-corrected chi connectivity index (χ2v) is 10.8. The molecule has 1 atom stereocenters. The van der Waals surface area contributed by atoms with Crippen LogP contribution in [0, 0.1) is 0 Å². The minimum atomic E-state index is -0.722. The Balaban J connectivity index is 1.47. The molecule has 5 nitrogen and oxygen atoms in total. The predicted octanol–water partition coefficient (Wildman–Crippen LogP) is 5.56. The van der Waals surface area contributed by atoms with Crippen molar-refractivity contribution < 1.29 is 14.6 Å². The van der Waals surface area contributed by atoms with E-state index in [1.54, 1.807) is 4.90 Å². The first-order chi connectivity index (χ1) is 15.6. The van der Waals surface area contributed by atoms with Crippen LogP contribution < -0.4 is 0 Å². The van der Waals surface area contributed by atoms with E-state index in [9.17, 15) is 9.90 Å². The van der Waals surface area contributed by atoms with Crippen LogP contribution in [0.5, 0.6) is 0 Å². The molecule has 6 heteroatoms. The molecule has 2 aliphatic rings. The molecule has 2 aromatic carbocycles. The summed E-state index contributed by atoms with van der Waals surface area (Å²) in [6.07, 6.45) is 2.38. The Bertz CT molecular complexity index is 961. The molecule has 0 radical (unpaired) electrons. The molecule has 2 aromatic rings. The highest BCUT2D eigenvalue weighted by molar-refractivity contribution is 6.31. The molecule has 1 saturated carbocycles. The Morgan fingerprint density at radius 1 is 1.06 bits per heavy atom. The van der Waals surface area contributed by atoms with E-state index >= 15 is 0 Å². The molecule has 4 rings (SSSR count). The maximum absolute atomic E-state index is 12.4.